The van der Waals surface area contributed by atoms with Gasteiger partial charge in [-0.2, -0.15) is 0 Å². The number of phenolic OH excluding ortho intramolecular Hbond substituents is 1. The molecule has 0 aliphatic rings. The number of likely N-dealkylation sites (N-methyl/N-ethyl adjacent to an activating group) is 1. The summed E-state index contributed by atoms with van der Waals surface area (Å²) >= 11 is 0. The van der Waals surface area contributed by atoms with Crippen molar-refractivity contribution in [2.45, 2.75) is 59.0 Å². The van der Waals surface area contributed by atoms with E-state index in [2.05, 4.69) is 0 Å². The minimum Gasteiger partial charge on any atom is -0.507 e. The molecule has 26 heavy (non-hydrogen) atoms. The van der Waals surface area contributed by atoms with Crippen molar-refractivity contribution in [2.75, 3.05) is 14.1 Å². The first-order valence-corrected chi connectivity index (χ1v) is 8.66. The highest BCUT2D eigenvalue weighted by Gasteiger charge is 2.26. The zero-order valence-electron chi connectivity index (χ0n) is 17.1. The van der Waals surface area contributed by atoms with E-state index >= 15 is 0 Å². The molecular weight excluding hydrogens is 330 g/mol. The molecule has 0 aromatic heterocycles. The molecule has 0 atom stereocenters. The largest absolute Gasteiger partial charge is 0.507 e. The van der Waals surface area contributed by atoms with Crippen LogP contribution >= 0.6 is 0 Å². The molecule has 1 aromatic carbocycles. The third-order valence-corrected chi connectivity index (χ3v) is 3.97. The molecule has 1 rings (SSSR count). The first kappa shape index (κ1) is 21.7. The first-order chi connectivity index (χ1) is 11.7. The van der Waals surface area contributed by atoms with Gasteiger partial charge in [0.05, 0.1) is 0 Å². The lowest BCUT2D eigenvalue weighted by atomic mass is 9.78. The van der Waals surface area contributed by atoms with Crippen LogP contribution < -0.4 is 0 Å². The molecule has 0 bridgehead atoms. The number of carbonyl (C=O) groups is 2. The average Bonchev–Trinajstić information content (AvgIpc) is 2.48. The monoisotopic (exact) mass is 361 g/mol. The van der Waals surface area contributed by atoms with Gasteiger partial charge in [0.2, 0.25) is 5.91 Å². The first-order valence-electron chi connectivity index (χ1n) is 8.66. The number of nitrogens with zero attached hydrogens (tertiary/aromatic N) is 1. The van der Waals surface area contributed by atoms with E-state index in [0.717, 1.165) is 22.8 Å². The average molecular weight is 361 g/mol. The third-order valence-electron chi connectivity index (χ3n) is 3.97. The fraction of sp³-hybridized carbons (Fsp3) is 0.524. The van der Waals surface area contributed by atoms with Crippen molar-refractivity contribution in [3.8, 4) is 5.75 Å². The Morgan fingerprint density at radius 2 is 1.46 bits per heavy atom. The molecule has 0 heterocycles. The van der Waals surface area contributed by atoms with Gasteiger partial charge in [0, 0.05) is 26.2 Å². The van der Waals surface area contributed by atoms with Crippen molar-refractivity contribution in [1.82, 2.24) is 4.90 Å². The van der Waals surface area contributed by atoms with E-state index in [9.17, 15) is 14.7 Å². The molecule has 0 radical (unpaired) electrons. The molecule has 0 spiro atoms. The number of hydrogen-bond donors (Lipinski definition) is 1. The molecule has 0 saturated heterocycles. The number of rotatable bonds is 4. The molecule has 0 unspecified atom stereocenters. The highest BCUT2D eigenvalue weighted by molar-refractivity contribution is 5.94. The molecule has 1 aromatic rings. The smallest absolute Gasteiger partial charge is 0.331 e. The Morgan fingerprint density at radius 3 is 1.85 bits per heavy atom. The maximum Gasteiger partial charge on any atom is 0.331 e. The lowest BCUT2D eigenvalue weighted by molar-refractivity contribution is -0.139. The predicted molar refractivity (Wildman–Crippen MR) is 103 cm³/mol. The Kier molecular flexibility index (Phi) is 6.64. The van der Waals surface area contributed by atoms with Gasteiger partial charge in [0.15, 0.2) is 0 Å². The van der Waals surface area contributed by atoms with Gasteiger partial charge in [-0.05, 0) is 39.7 Å². The van der Waals surface area contributed by atoms with Gasteiger partial charge in [-0.15, -0.1) is 0 Å². The molecule has 144 valence electrons. The fourth-order valence-corrected chi connectivity index (χ4v) is 2.41. The maximum absolute atomic E-state index is 11.8. The molecule has 1 amide bonds. The van der Waals surface area contributed by atoms with Crippen LogP contribution in [0.1, 0.15) is 58.2 Å². The summed E-state index contributed by atoms with van der Waals surface area (Å²) < 4.78 is 5.26. The summed E-state index contributed by atoms with van der Waals surface area (Å²) in [4.78, 5) is 24.7. The van der Waals surface area contributed by atoms with Gasteiger partial charge >= 0.3 is 5.97 Å². The summed E-state index contributed by atoms with van der Waals surface area (Å²) in [6.07, 6.45) is 2.30. The van der Waals surface area contributed by atoms with Crippen LogP contribution in [0.3, 0.4) is 0 Å². The summed E-state index contributed by atoms with van der Waals surface area (Å²) in [6, 6.07) is 3.74. The van der Waals surface area contributed by atoms with Crippen molar-refractivity contribution in [3.63, 3.8) is 0 Å². The van der Waals surface area contributed by atoms with E-state index < -0.39 is 5.97 Å². The van der Waals surface area contributed by atoms with Crippen LogP contribution in [0, 0.1) is 0 Å². The van der Waals surface area contributed by atoms with Gasteiger partial charge in [-0.1, -0.05) is 41.5 Å². The lowest BCUT2D eigenvalue weighted by Crippen LogP contribution is -2.19. The fourth-order valence-electron chi connectivity index (χ4n) is 2.41. The number of esters is 1. The molecule has 0 fully saturated rings. The number of carbonyl (C=O) groups excluding carboxylic acids is 2. The van der Waals surface area contributed by atoms with E-state index in [1.807, 2.05) is 53.7 Å². The highest BCUT2D eigenvalue weighted by Crippen LogP contribution is 2.39. The van der Waals surface area contributed by atoms with Crippen LogP contribution in [0.4, 0.5) is 0 Å². The van der Waals surface area contributed by atoms with Gasteiger partial charge < -0.3 is 14.7 Å². The number of hydrogen-bond acceptors (Lipinski definition) is 4. The number of amides is 1. The molecule has 0 saturated carbocycles. The minimum absolute atomic E-state index is 0.0752. The topological polar surface area (TPSA) is 66.8 Å². The van der Waals surface area contributed by atoms with Crippen molar-refractivity contribution < 1.29 is 19.4 Å². The second-order valence-electron chi connectivity index (χ2n) is 8.71. The minimum atomic E-state index is -0.581. The highest BCUT2D eigenvalue weighted by atomic mass is 16.5. The number of aromatic hydroxyl groups is 1. The van der Waals surface area contributed by atoms with Crippen molar-refractivity contribution in [1.29, 1.82) is 0 Å². The molecule has 0 aliphatic heterocycles. The van der Waals surface area contributed by atoms with Gasteiger partial charge in [-0.3, -0.25) is 4.79 Å². The molecular formula is C21H31NO4. The number of benzene rings is 1. The zero-order chi connectivity index (χ0) is 20.3. The second-order valence-corrected chi connectivity index (χ2v) is 8.71. The van der Waals surface area contributed by atoms with E-state index in [-0.39, 0.29) is 29.1 Å². The van der Waals surface area contributed by atoms with Crippen molar-refractivity contribution >= 4 is 11.9 Å². The quantitative estimate of drug-likeness (QED) is 0.656. The Hall–Kier alpha value is -2.30. The van der Waals surface area contributed by atoms with E-state index in [1.54, 1.807) is 14.1 Å². The number of ether oxygens (including phenoxy) is 1. The normalized spacial score (nSPS) is 12.3. The third kappa shape index (κ3) is 5.90. The Morgan fingerprint density at radius 1 is 1.00 bits per heavy atom. The predicted octanol–water partition coefficient (Wildman–Crippen LogP) is 3.67. The van der Waals surface area contributed by atoms with Crippen molar-refractivity contribution in [3.05, 3.63) is 41.0 Å². The lowest BCUT2D eigenvalue weighted by Gasteiger charge is -2.28. The standard InChI is InChI=1S/C21H31NO4/c1-20(2,3)15-11-14(12-16(19(15)25)21(4,5)6)13-26-18(24)10-9-17(23)22(7)8/h9-12,25H,13H2,1-8H3/b10-9-. The van der Waals surface area contributed by atoms with Crippen LogP contribution in [-0.4, -0.2) is 36.0 Å². The van der Waals surface area contributed by atoms with Gasteiger partial charge in [0.1, 0.15) is 12.4 Å². The summed E-state index contributed by atoms with van der Waals surface area (Å²) in [7, 11) is 3.22. The summed E-state index contributed by atoms with van der Waals surface area (Å²) in [5, 5.41) is 10.7. The summed E-state index contributed by atoms with van der Waals surface area (Å²) in [5.41, 5.74) is 1.94. The molecule has 0 aliphatic carbocycles. The van der Waals surface area contributed by atoms with E-state index in [4.69, 9.17) is 4.74 Å². The molecule has 5 heteroatoms. The van der Waals surface area contributed by atoms with Gasteiger partial charge in [0.25, 0.3) is 0 Å². The molecule has 1 N–H and O–H groups in total. The number of phenols is 1. The Balaban J connectivity index is 3.07. The molecule has 5 nitrogen and oxygen atoms in total. The Labute approximate surface area is 156 Å². The van der Waals surface area contributed by atoms with Crippen molar-refractivity contribution in [2.24, 2.45) is 0 Å². The van der Waals surface area contributed by atoms with Crippen LogP contribution in [-0.2, 0) is 31.8 Å². The SMILES string of the molecule is CN(C)C(=O)/C=C\C(=O)OCc1cc(C(C)(C)C)c(O)c(C(C)(C)C)c1. The van der Waals surface area contributed by atoms with E-state index in [0.29, 0.717) is 0 Å². The summed E-state index contributed by atoms with van der Waals surface area (Å²) in [5.74, 6) is -0.573. The van der Waals surface area contributed by atoms with Crippen LogP contribution in [0.15, 0.2) is 24.3 Å². The summed E-state index contributed by atoms with van der Waals surface area (Å²) in [6.45, 7) is 12.2. The van der Waals surface area contributed by atoms with Crippen LogP contribution in [0.2, 0.25) is 0 Å². The van der Waals surface area contributed by atoms with E-state index in [1.165, 1.54) is 11.0 Å². The Bertz CT molecular complexity index is 669. The zero-order valence-corrected chi connectivity index (χ0v) is 17.1. The maximum atomic E-state index is 11.8. The van der Waals surface area contributed by atoms with Gasteiger partial charge in [-0.25, -0.2) is 4.79 Å². The van der Waals surface area contributed by atoms with Crippen LogP contribution in [0.25, 0.3) is 0 Å². The van der Waals surface area contributed by atoms with Crippen LogP contribution in [0.5, 0.6) is 5.75 Å². The second kappa shape index (κ2) is 7.94.